The van der Waals surface area contributed by atoms with Gasteiger partial charge in [0, 0.05) is 17.3 Å². The van der Waals surface area contributed by atoms with E-state index in [9.17, 15) is 4.39 Å². The molecular weight excluding hydrogens is 241 g/mol. The Morgan fingerprint density at radius 1 is 1.32 bits per heavy atom. The zero-order valence-corrected chi connectivity index (χ0v) is 11.9. The van der Waals surface area contributed by atoms with E-state index in [2.05, 4.69) is 5.10 Å². The molecule has 1 aromatic heterocycles. The number of rotatable bonds is 3. The molecule has 4 heteroatoms. The second-order valence-corrected chi connectivity index (χ2v) is 5.10. The standard InChI is InChI=1S/C15H20FN3/c1-9-5-6-14(16)7-13(9)8-19-12(4)15(10(2)17)11(3)18-19/h5-7,10H,8,17H2,1-4H3. The molecule has 0 fully saturated rings. The van der Waals surface area contributed by atoms with Crippen LogP contribution in [0, 0.1) is 26.6 Å². The van der Waals surface area contributed by atoms with E-state index >= 15 is 0 Å². The monoisotopic (exact) mass is 261 g/mol. The fourth-order valence-corrected chi connectivity index (χ4v) is 2.50. The van der Waals surface area contributed by atoms with Crippen LogP contribution in [0.15, 0.2) is 18.2 Å². The SMILES string of the molecule is Cc1ccc(F)cc1Cn1nc(C)c(C(C)N)c1C. The van der Waals surface area contributed by atoms with Crippen molar-refractivity contribution >= 4 is 0 Å². The van der Waals surface area contributed by atoms with Crippen LogP contribution in [0.2, 0.25) is 0 Å². The Morgan fingerprint density at radius 3 is 2.58 bits per heavy atom. The lowest BCUT2D eigenvalue weighted by Crippen LogP contribution is -2.09. The van der Waals surface area contributed by atoms with Crippen molar-refractivity contribution in [1.82, 2.24) is 9.78 Å². The number of hydrogen-bond acceptors (Lipinski definition) is 2. The predicted octanol–water partition coefficient (Wildman–Crippen LogP) is 3.02. The molecule has 1 heterocycles. The largest absolute Gasteiger partial charge is 0.324 e. The van der Waals surface area contributed by atoms with Gasteiger partial charge in [-0.2, -0.15) is 5.10 Å². The van der Waals surface area contributed by atoms with Crippen molar-refractivity contribution in [3.63, 3.8) is 0 Å². The van der Waals surface area contributed by atoms with Crippen molar-refractivity contribution in [2.45, 2.75) is 40.3 Å². The molecule has 0 bridgehead atoms. The first-order chi connectivity index (χ1) is 8.90. The maximum Gasteiger partial charge on any atom is 0.123 e. The van der Waals surface area contributed by atoms with Crippen molar-refractivity contribution < 1.29 is 4.39 Å². The number of aromatic nitrogens is 2. The number of nitrogens with zero attached hydrogens (tertiary/aromatic N) is 2. The van der Waals surface area contributed by atoms with Gasteiger partial charge in [-0.1, -0.05) is 6.07 Å². The number of halogens is 1. The highest BCUT2D eigenvalue weighted by Gasteiger charge is 2.15. The Morgan fingerprint density at radius 2 is 2.00 bits per heavy atom. The molecule has 0 aliphatic carbocycles. The van der Waals surface area contributed by atoms with E-state index in [0.717, 1.165) is 28.1 Å². The lowest BCUT2D eigenvalue weighted by atomic mass is 10.1. The molecule has 102 valence electrons. The summed E-state index contributed by atoms with van der Waals surface area (Å²) in [5.41, 5.74) is 11.1. The normalized spacial score (nSPS) is 12.7. The van der Waals surface area contributed by atoms with Gasteiger partial charge >= 0.3 is 0 Å². The van der Waals surface area contributed by atoms with Crippen molar-refractivity contribution in [3.05, 3.63) is 52.1 Å². The third-order valence-corrected chi connectivity index (χ3v) is 3.52. The molecule has 0 radical (unpaired) electrons. The highest BCUT2D eigenvalue weighted by molar-refractivity contribution is 5.30. The topological polar surface area (TPSA) is 43.8 Å². The predicted molar refractivity (Wildman–Crippen MR) is 74.5 cm³/mol. The Bertz CT molecular complexity index is 600. The van der Waals surface area contributed by atoms with Gasteiger partial charge in [-0.3, -0.25) is 4.68 Å². The minimum absolute atomic E-state index is 0.0395. The van der Waals surface area contributed by atoms with Crippen molar-refractivity contribution in [3.8, 4) is 0 Å². The number of nitrogens with two attached hydrogens (primary N) is 1. The summed E-state index contributed by atoms with van der Waals surface area (Å²) < 4.78 is 15.2. The Hall–Kier alpha value is -1.68. The lowest BCUT2D eigenvalue weighted by molar-refractivity contribution is 0.613. The van der Waals surface area contributed by atoms with Crippen LogP contribution < -0.4 is 5.73 Å². The summed E-state index contributed by atoms with van der Waals surface area (Å²) >= 11 is 0. The minimum Gasteiger partial charge on any atom is -0.324 e. The molecule has 1 unspecified atom stereocenters. The molecular formula is C15H20FN3. The van der Waals surface area contributed by atoms with Gasteiger partial charge in [-0.25, -0.2) is 4.39 Å². The molecule has 0 saturated heterocycles. The summed E-state index contributed by atoms with van der Waals surface area (Å²) in [5.74, 6) is -0.213. The lowest BCUT2D eigenvalue weighted by Gasteiger charge is -2.10. The first kappa shape index (κ1) is 13.7. The minimum atomic E-state index is -0.213. The van der Waals surface area contributed by atoms with E-state index in [0.29, 0.717) is 6.54 Å². The van der Waals surface area contributed by atoms with Gasteiger partial charge in [-0.05, 0) is 51.0 Å². The molecule has 0 amide bonds. The Balaban J connectivity index is 2.39. The van der Waals surface area contributed by atoms with Crippen LogP contribution in [0.3, 0.4) is 0 Å². The van der Waals surface area contributed by atoms with E-state index in [1.54, 1.807) is 12.1 Å². The summed E-state index contributed by atoms with van der Waals surface area (Å²) in [4.78, 5) is 0. The van der Waals surface area contributed by atoms with Crippen LogP contribution in [0.25, 0.3) is 0 Å². The maximum atomic E-state index is 13.3. The quantitative estimate of drug-likeness (QED) is 0.923. The first-order valence-electron chi connectivity index (χ1n) is 6.44. The molecule has 2 aromatic rings. The molecule has 1 atom stereocenters. The van der Waals surface area contributed by atoms with Crippen LogP contribution in [-0.4, -0.2) is 9.78 Å². The fourth-order valence-electron chi connectivity index (χ4n) is 2.50. The van der Waals surface area contributed by atoms with Gasteiger partial charge < -0.3 is 5.73 Å². The highest BCUT2D eigenvalue weighted by Crippen LogP contribution is 2.21. The molecule has 2 rings (SSSR count). The highest BCUT2D eigenvalue weighted by atomic mass is 19.1. The van der Waals surface area contributed by atoms with Crippen molar-refractivity contribution in [1.29, 1.82) is 0 Å². The summed E-state index contributed by atoms with van der Waals surface area (Å²) in [6.45, 7) is 8.47. The van der Waals surface area contributed by atoms with Crippen LogP contribution in [0.4, 0.5) is 4.39 Å². The molecule has 3 nitrogen and oxygen atoms in total. The molecule has 1 aromatic carbocycles. The van der Waals surface area contributed by atoms with E-state index in [4.69, 9.17) is 5.73 Å². The molecule has 0 aliphatic rings. The molecule has 0 aliphatic heterocycles. The van der Waals surface area contributed by atoms with Gasteiger partial charge in [0.25, 0.3) is 0 Å². The summed E-state index contributed by atoms with van der Waals surface area (Å²) in [5, 5.41) is 4.51. The van der Waals surface area contributed by atoms with Crippen LogP contribution in [-0.2, 0) is 6.54 Å². The van der Waals surface area contributed by atoms with Crippen LogP contribution in [0.5, 0.6) is 0 Å². The Labute approximate surface area is 113 Å². The summed E-state index contributed by atoms with van der Waals surface area (Å²) in [6, 6.07) is 4.80. The van der Waals surface area contributed by atoms with Crippen LogP contribution in [0.1, 0.15) is 41.0 Å². The van der Waals surface area contributed by atoms with Crippen LogP contribution >= 0.6 is 0 Å². The van der Waals surface area contributed by atoms with E-state index in [1.807, 2.05) is 32.4 Å². The van der Waals surface area contributed by atoms with Gasteiger partial charge in [0.15, 0.2) is 0 Å². The Kier molecular flexibility index (Phi) is 3.71. The second-order valence-electron chi connectivity index (χ2n) is 5.10. The summed E-state index contributed by atoms with van der Waals surface area (Å²) in [7, 11) is 0. The molecule has 0 spiro atoms. The van der Waals surface area contributed by atoms with E-state index < -0.39 is 0 Å². The van der Waals surface area contributed by atoms with Gasteiger partial charge in [-0.15, -0.1) is 0 Å². The first-order valence-corrected chi connectivity index (χ1v) is 6.44. The number of aryl methyl sites for hydroxylation is 2. The average Bonchev–Trinajstić information content (AvgIpc) is 2.59. The van der Waals surface area contributed by atoms with Gasteiger partial charge in [0.1, 0.15) is 5.82 Å². The fraction of sp³-hybridized carbons (Fsp3) is 0.400. The van der Waals surface area contributed by atoms with Gasteiger partial charge in [0.05, 0.1) is 12.2 Å². The third-order valence-electron chi connectivity index (χ3n) is 3.52. The second kappa shape index (κ2) is 5.13. The zero-order valence-electron chi connectivity index (χ0n) is 11.9. The van der Waals surface area contributed by atoms with E-state index in [-0.39, 0.29) is 11.9 Å². The zero-order chi connectivity index (χ0) is 14.2. The molecule has 0 saturated carbocycles. The van der Waals surface area contributed by atoms with E-state index in [1.165, 1.54) is 6.07 Å². The van der Waals surface area contributed by atoms with Crippen molar-refractivity contribution in [2.75, 3.05) is 0 Å². The summed E-state index contributed by atoms with van der Waals surface area (Å²) in [6.07, 6.45) is 0. The molecule has 19 heavy (non-hydrogen) atoms. The number of hydrogen-bond donors (Lipinski definition) is 1. The third kappa shape index (κ3) is 2.68. The van der Waals surface area contributed by atoms with Gasteiger partial charge in [0.2, 0.25) is 0 Å². The smallest absolute Gasteiger partial charge is 0.123 e. The maximum absolute atomic E-state index is 13.3. The number of benzene rings is 1. The average molecular weight is 261 g/mol. The van der Waals surface area contributed by atoms with Crippen molar-refractivity contribution in [2.24, 2.45) is 5.73 Å². The molecule has 2 N–H and O–H groups in total.